The molecule has 2 aromatic rings. The van der Waals surface area contributed by atoms with E-state index in [2.05, 4.69) is 10.5 Å². The zero-order valence-electron chi connectivity index (χ0n) is 15.2. The molecule has 1 heterocycles. The number of benzene rings is 1. The fourth-order valence-electron chi connectivity index (χ4n) is 2.30. The van der Waals surface area contributed by atoms with E-state index in [0.29, 0.717) is 34.1 Å². The van der Waals surface area contributed by atoms with Crippen molar-refractivity contribution in [2.45, 2.75) is 20.8 Å². The van der Waals surface area contributed by atoms with Gasteiger partial charge in [-0.1, -0.05) is 0 Å². The summed E-state index contributed by atoms with van der Waals surface area (Å²) >= 11 is 0. The lowest BCUT2D eigenvalue weighted by Crippen LogP contribution is -2.17. The van der Waals surface area contributed by atoms with Crippen LogP contribution in [0.5, 0.6) is 17.2 Å². The Morgan fingerprint density at radius 1 is 1.12 bits per heavy atom. The van der Waals surface area contributed by atoms with Crippen LogP contribution < -0.4 is 19.6 Å². The smallest absolute Gasteiger partial charge is 0.308 e. The molecule has 0 spiro atoms. The van der Waals surface area contributed by atoms with Gasteiger partial charge in [-0.15, -0.1) is 0 Å². The lowest BCUT2D eigenvalue weighted by Gasteiger charge is -2.13. The Kier molecular flexibility index (Phi) is 6.00. The molecule has 0 fully saturated rings. The van der Waals surface area contributed by atoms with E-state index in [9.17, 15) is 9.59 Å². The monoisotopic (exact) mass is 360 g/mol. The molecule has 0 unspecified atom stereocenters. The highest BCUT2D eigenvalue weighted by Crippen LogP contribution is 2.38. The minimum atomic E-state index is -0.499. The summed E-state index contributed by atoms with van der Waals surface area (Å²) < 4.78 is 20.9. The van der Waals surface area contributed by atoms with Crippen molar-refractivity contribution in [2.75, 3.05) is 14.2 Å². The molecule has 1 aromatic heterocycles. The predicted octanol–water partition coefficient (Wildman–Crippen LogP) is 2.60. The maximum absolute atomic E-state index is 12.1. The number of rotatable bonds is 6. The zero-order chi connectivity index (χ0) is 19.3. The highest BCUT2D eigenvalue weighted by Gasteiger charge is 2.16. The minimum Gasteiger partial charge on any atom is -0.493 e. The van der Waals surface area contributed by atoms with Crippen molar-refractivity contribution in [3.63, 3.8) is 0 Å². The normalized spacial score (nSPS) is 10.7. The molecule has 1 aromatic carbocycles. The number of carbonyl (C=O) groups is 2. The van der Waals surface area contributed by atoms with E-state index in [-0.39, 0.29) is 11.7 Å². The number of esters is 1. The van der Waals surface area contributed by atoms with Crippen molar-refractivity contribution >= 4 is 18.1 Å². The number of methoxy groups -OCH3 is 2. The average Bonchev–Trinajstić information content (AvgIpc) is 2.93. The number of nitrogens with zero attached hydrogens (tertiary/aromatic N) is 1. The SMILES string of the molecule is COc1cc(/C=N\NC(=O)c2cc(C)oc2C)cc(OC)c1OC(C)=O. The van der Waals surface area contributed by atoms with Gasteiger partial charge in [-0.3, -0.25) is 9.59 Å². The first-order valence-corrected chi connectivity index (χ1v) is 7.70. The number of nitrogens with one attached hydrogen (secondary N) is 1. The van der Waals surface area contributed by atoms with Crippen LogP contribution in [0.25, 0.3) is 0 Å². The number of aryl methyl sites for hydroxylation is 2. The summed E-state index contributed by atoms with van der Waals surface area (Å²) in [5, 5.41) is 3.92. The summed E-state index contributed by atoms with van der Waals surface area (Å²) in [6.45, 7) is 4.74. The van der Waals surface area contributed by atoms with Crippen LogP contribution in [-0.2, 0) is 4.79 Å². The molecule has 0 aliphatic heterocycles. The largest absolute Gasteiger partial charge is 0.493 e. The number of carbonyl (C=O) groups excluding carboxylic acids is 2. The Bertz CT molecular complexity index is 828. The second-order valence-electron chi connectivity index (χ2n) is 5.37. The van der Waals surface area contributed by atoms with Crippen LogP contribution in [0.3, 0.4) is 0 Å². The van der Waals surface area contributed by atoms with Crippen molar-refractivity contribution < 1.29 is 28.2 Å². The van der Waals surface area contributed by atoms with Crippen molar-refractivity contribution in [3.05, 3.63) is 40.8 Å². The molecular formula is C18H20N2O6. The Hall–Kier alpha value is -3.29. The van der Waals surface area contributed by atoms with E-state index in [0.717, 1.165) is 0 Å². The van der Waals surface area contributed by atoms with Gasteiger partial charge >= 0.3 is 5.97 Å². The van der Waals surface area contributed by atoms with Crippen molar-refractivity contribution in [3.8, 4) is 17.2 Å². The molecular weight excluding hydrogens is 340 g/mol. The second kappa shape index (κ2) is 8.19. The maximum atomic E-state index is 12.1. The standard InChI is InChI=1S/C18H20N2O6/c1-10-6-14(11(2)25-10)18(22)20-19-9-13-7-15(23-4)17(26-12(3)21)16(8-13)24-5/h6-9H,1-5H3,(H,20,22)/b19-9-. The number of ether oxygens (including phenoxy) is 3. The summed E-state index contributed by atoms with van der Waals surface area (Å²) in [6.07, 6.45) is 1.42. The van der Waals surface area contributed by atoms with E-state index in [1.54, 1.807) is 32.0 Å². The molecule has 0 atom stereocenters. The zero-order valence-corrected chi connectivity index (χ0v) is 15.2. The summed E-state index contributed by atoms with van der Waals surface area (Å²) in [6, 6.07) is 4.84. The van der Waals surface area contributed by atoms with Gasteiger partial charge in [0.05, 0.1) is 26.0 Å². The number of furan rings is 1. The Morgan fingerprint density at radius 2 is 1.73 bits per heavy atom. The number of hydrazone groups is 1. The van der Waals surface area contributed by atoms with Gasteiger partial charge in [0.2, 0.25) is 5.75 Å². The molecule has 8 heteroatoms. The lowest BCUT2D eigenvalue weighted by atomic mass is 10.2. The molecule has 1 N–H and O–H groups in total. The van der Waals surface area contributed by atoms with Crippen LogP contribution in [0, 0.1) is 13.8 Å². The molecule has 0 aliphatic rings. The molecule has 1 amide bonds. The third-order valence-corrected chi connectivity index (χ3v) is 3.39. The van der Waals surface area contributed by atoms with Crippen LogP contribution in [0.15, 0.2) is 27.7 Å². The molecule has 0 radical (unpaired) electrons. The average molecular weight is 360 g/mol. The van der Waals surface area contributed by atoms with E-state index >= 15 is 0 Å². The van der Waals surface area contributed by atoms with Gasteiger partial charge in [0, 0.05) is 12.5 Å². The van der Waals surface area contributed by atoms with Gasteiger partial charge in [-0.2, -0.15) is 5.10 Å². The summed E-state index contributed by atoms with van der Waals surface area (Å²) in [5.74, 6) is 1.05. The summed E-state index contributed by atoms with van der Waals surface area (Å²) in [5.41, 5.74) is 3.42. The second-order valence-corrected chi connectivity index (χ2v) is 5.37. The van der Waals surface area contributed by atoms with Crippen LogP contribution in [-0.4, -0.2) is 32.3 Å². The van der Waals surface area contributed by atoms with Gasteiger partial charge in [-0.25, -0.2) is 5.43 Å². The van der Waals surface area contributed by atoms with Crippen molar-refractivity contribution in [1.29, 1.82) is 0 Å². The van der Waals surface area contributed by atoms with Gasteiger partial charge in [0.25, 0.3) is 5.91 Å². The van der Waals surface area contributed by atoms with Gasteiger partial charge < -0.3 is 18.6 Å². The molecule has 26 heavy (non-hydrogen) atoms. The topological polar surface area (TPSA) is 99.4 Å². The van der Waals surface area contributed by atoms with Crippen LogP contribution in [0.4, 0.5) is 0 Å². The maximum Gasteiger partial charge on any atom is 0.308 e. The van der Waals surface area contributed by atoms with E-state index in [1.165, 1.54) is 27.4 Å². The quantitative estimate of drug-likeness (QED) is 0.368. The van der Waals surface area contributed by atoms with Crippen molar-refractivity contribution in [1.82, 2.24) is 5.43 Å². The van der Waals surface area contributed by atoms with Gasteiger partial charge in [-0.05, 0) is 32.0 Å². The van der Waals surface area contributed by atoms with Gasteiger partial charge in [0.15, 0.2) is 11.5 Å². The molecule has 2 rings (SSSR count). The minimum absolute atomic E-state index is 0.174. The molecule has 0 saturated heterocycles. The Morgan fingerprint density at radius 3 is 2.19 bits per heavy atom. The highest BCUT2D eigenvalue weighted by molar-refractivity contribution is 5.96. The van der Waals surface area contributed by atoms with E-state index in [1.807, 2.05) is 0 Å². The Balaban J connectivity index is 2.20. The number of hydrogen-bond donors (Lipinski definition) is 1. The first-order valence-electron chi connectivity index (χ1n) is 7.70. The first-order chi connectivity index (χ1) is 12.3. The molecule has 0 aliphatic carbocycles. The van der Waals surface area contributed by atoms with E-state index < -0.39 is 5.97 Å². The molecule has 8 nitrogen and oxygen atoms in total. The lowest BCUT2D eigenvalue weighted by molar-refractivity contribution is -0.132. The van der Waals surface area contributed by atoms with Crippen molar-refractivity contribution in [2.24, 2.45) is 5.10 Å². The number of hydrogen-bond acceptors (Lipinski definition) is 7. The molecule has 0 bridgehead atoms. The van der Waals surface area contributed by atoms with Crippen LogP contribution in [0.1, 0.15) is 34.4 Å². The third-order valence-electron chi connectivity index (χ3n) is 3.39. The van der Waals surface area contributed by atoms with E-state index in [4.69, 9.17) is 18.6 Å². The fraction of sp³-hybridized carbons (Fsp3) is 0.278. The van der Waals surface area contributed by atoms with Gasteiger partial charge in [0.1, 0.15) is 11.5 Å². The fourth-order valence-corrected chi connectivity index (χ4v) is 2.30. The Labute approximate surface area is 150 Å². The number of amides is 1. The summed E-state index contributed by atoms with van der Waals surface area (Å²) in [4.78, 5) is 23.3. The summed E-state index contributed by atoms with van der Waals surface area (Å²) in [7, 11) is 2.88. The predicted molar refractivity (Wildman–Crippen MR) is 94.1 cm³/mol. The van der Waals surface area contributed by atoms with Crippen LogP contribution in [0.2, 0.25) is 0 Å². The van der Waals surface area contributed by atoms with Crippen LogP contribution >= 0.6 is 0 Å². The third kappa shape index (κ3) is 4.41. The molecule has 138 valence electrons. The highest BCUT2D eigenvalue weighted by atomic mass is 16.6. The first kappa shape index (κ1) is 19.0. The molecule has 0 saturated carbocycles.